The molecular formula is C18H21N3O5. The van der Waals surface area contributed by atoms with Crippen LogP contribution in [0.25, 0.3) is 11.3 Å². The summed E-state index contributed by atoms with van der Waals surface area (Å²) in [6.45, 7) is 4.90. The highest BCUT2D eigenvalue weighted by Crippen LogP contribution is 2.28. The summed E-state index contributed by atoms with van der Waals surface area (Å²) in [6, 6.07) is 5.63. The summed E-state index contributed by atoms with van der Waals surface area (Å²) in [5, 5.41) is 12.7. The lowest BCUT2D eigenvalue weighted by Gasteiger charge is -2.32. The molecular weight excluding hydrogens is 338 g/mol. The van der Waals surface area contributed by atoms with Crippen LogP contribution in [0.3, 0.4) is 0 Å². The zero-order valence-corrected chi connectivity index (χ0v) is 14.8. The van der Waals surface area contributed by atoms with E-state index in [2.05, 4.69) is 10.1 Å². The molecule has 1 aliphatic rings. The number of nitrogens with zero attached hydrogens (tertiary/aromatic N) is 3. The quantitative estimate of drug-likeness (QED) is 0.871. The molecule has 0 saturated carbocycles. The van der Waals surface area contributed by atoms with Crippen molar-refractivity contribution >= 4 is 11.9 Å². The number of carboxylic acids is 1. The largest absolute Gasteiger partial charge is 0.481 e. The maximum atomic E-state index is 12.2. The van der Waals surface area contributed by atoms with E-state index in [9.17, 15) is 9.59 Å². The fraction of sp³-hybridized carbons (Fsp3) is 0.444. The number of rotatable bonds is 5. The molecule has 3 heterocycles. The Morgan fingerprint density at radius 1 is 1.31 bits per heavy atom. The lowest BCUT2D eigenvalue weighted by atomic mass is 10.1. The number of aryl methyl sites for hydroxylation is 2. The van der Waals surface area contributed by atoms with Crippen molar-refractivity contribution in [2.75, 3.05) is 19.7 Å². The van der Waals surface area contributed by atoms with Gasteiger partial charge in [-0.1, -0.05) is 11.2 Å². The average Bonchev–Trinajstić information content (AvgIpc) is 2.98. The predicted molar refractivity (Wildman–Crippen MR) is 91.4 cm³/mol. The first-order valence-electron chi connectivity index (χ1n) is 8.47. The highest BCUT2D eigenvalue weighted by Gasteiger charge is 2.27. The van der Waals surface area contributed by atoms with Crippen molar-refractivity contribution in [2.24, 2.45) is 0 Å². The number of hydrogen-bond acceptors (Lipinski definition) is 6. The van der Waals surface area contributed by atoms with E-state index in [4.69, 9.17) is 14.4 Å². The molecule has 0 aromatic carbocycles. The van der Waals surface area contributed by atoms with Gasteiger partial charge in [0.15, 0.2) is 0 Å². The monoisotopic (exact) mass is 359 g/mol. The Kier molecular flexibility index (Phi) is 5.32. The molecule has 1 N–H and O–H groups in total. The highest BCUT2D eigenvalue weighted by atomic mass is 16.5. The van der Waals surface area contributed by atoms with Crippen molar-refractivity contribution in [3.05, 3.63) is 35.3 Å². The van der Waals surface area contributed by atoms with Crippen LogP contribution < -0.4 is 0 Å². The first kappa shape index (κ1) is 18.1. The van der Waals surface area contributed by atoms with Gasteiger partial charge in [0.1, 0.15) is 11.9 Å². The smallest absolute Gasteiger partial charge is 0.303 e. The molecule has 0 unspecified atom stereocenters. The van der Waals surface area contributed by atoms with E-state index in [0.717, 1.165) is 22.6 Å². The maximum Gasteiger partial charge on any atom is 0.303 e. The van der Waals surface area contributed by atoms with E-state index < -0.39 is 5.97 Å². The van der Waals surface area contributed by atoms with Crippen LogP contribution in [0.2, 0.25) is 0 Å². The van der Waals surface area contributed by atoms with Gasteiger partial charge in [-0.05, 0) is 26.0 Å². The van der Waals surface area contributed by atoms with Crippen LogP contribution in [0.15, 0.2) is 22.7 Å². The molecule has 0 spiro atoms. The van der Waals surface area contributed by atoms with Crippen LogP contribution >= 0.6 is 0 Å². The number of carboxylic acid groups (broad SMARTS) is 1. The van der Waals surface area contributed by atoms with Crippen LogP contribution in [0, 0.1) is 13.8 Å². The summed E-state index contributed by atoms with van der Waals surface area (Å²) in [5.74, 6) is -0.457. The molecule has 8 heteroatoms. The van der Waals surface area contributed by atoms with Crippen LogP contribution in [0.5, 0.6) is 0 Å². The summed E-state index contributed by atoms with van der Waals surface area (Å²) in [5.41, 5.74) is 3.09. The van der Waals surface area contributed by atoms with Crippen molar-refractivity contribution in [1.82, 2.24) is 15.0 Å². The zero-order chi connectivity index (χ0) is 18.7. The van der Waals surface area contributed by atoms with Gasteiger partial charge in [-0.15, -0.1) is 0 Å². The van der Waals surface area contributed by atoms with Gasteiger partial charge < -0.3 is 19.3 Å². The number of pyridine rings is 1. The Hall–Kier alpha value is -2.74. The number of aromatic nitrogens is 2. The molecule has 1 saturated heterocycles. The van der Waals surface area contributed by atoms with Crippen LogP contribution in [-0.2, 0) is 14.3 Å². The number of morpholine rings is 1. The Morgan fingerprint density at radius 3 is 2.81 bits per heavy atom. The van der Waals surface area contributed by atoms with Gasteiger partial charge in [-0.25, -0.2) is 4.98 Å². The minimum Gasteiger partial charge on any atom is -0.481 e. The zero-order valence-electron chi connectivity index (χ0n) is 14.8. The van der Waals surface area contributed by atoms with Gasteiger partial charge in [0.2, 0.25) is 5.91 Å². The molecule has 2 aromatic heterocycles. The van der Waals surface area contributed by atoms with Crippen LogP contribution in [-0.4, -0.2) is 51.7 Å². The van der Waals surface area contributed by atoms with E-state index in [1.165, 1.54) is 0 Å². The Balaban J connectivity index is 1.76. The maximum absolute atomic E-state index is 12.2. The van der Waals surface area contributed by atoms with Gasteiger partial charge in [-0.3, -0.25) is 9.59 Å². The van der Waals surface area contributed by atoms with Crippen molar-refractivity contribution in [3.63, 3.8) is 0 Å². The number of ether oxygens (including phenoxy) is 1. The molecule has 0 aliphatic carbocycles. The molecule has 3 rings (SSSR count). The van der Waals surface area contributed by atoms with E-state index in [1.54, 1.807) is 4.90 Å². The summed E-state index contributed by atoms with van der Waals surface area (Å²) in [6.07, 6.45) is -0.521. The van der Waals surface area contributed by atoms with Gasteiger partial charge >= 0.3 is 5.97 Å². The first-order valence-corrected chi connectivity index (χ1v) is 8.47. The molecule has 0 bridgehead atoms. The molecule has 26 heavy (non-hydrogen) atoms. The van der Waals surface area contributed by atoms with Gasteiger partial charge in [0.25, 0.3) is 0 Å². The average molecular weight is 359 g/mol. The van der Waals surface area contributed by atoms with E-state index in [-0.39, 0.29) is 24.9 Å². The molecule has 0 radical (unpaired) electrons. The number of hydrogen-bond donors (Lipinski definition) is 1. The van der Waals surface area contributed by atoms with E-state index in [1.807, 2.05) is 32.0 Å². The minimum absolute atomic E-state index is 0.00536. The summed E-state index contributed by atoms with van der Waals surface area (Å²) in [4.78, 5) is 29.2. The normalized spacial score (nSPS) is 17.3. The first-order chi connectivity index (χ1) is 12.5. The van der Waals surface area contributed by atoms with Crippen LogP contribution in [0.1, 0.15) is 36.1 Å². The minimum atomic E-state index is -0.975. The van der Waals surface area contributed by atoms with Crippen molar-refractivity contribution in [1.29, 1.82) is 0 Å². The third-order valence-electron chi connectivity index (χ3n) is 4.36. The molecule has 1 aliphatic heterocycles. The summed E-state index contributed by atoms with van der Waals surface area (Å²) < 4.78 is 11.0. The summed E-state index contributed by atoms with van der Waals surface area (Å²) in [7, 11) is 0. The second kappa shape index (κ2) is 7.65. The number of aliphatic carboxylic acids is 1. The number of carbonyl (C=O) groups is 2. The van der Waals surface area contributed by atoms with Crippen molar-refractivity contribution in [2.45, 2.75) is 32.8 Å². The fourth-order valence-corrected chi connectivity index (χ4v) is 3.05. The SMILES string of the molecule is Cc1noc(C)c1-c1cccc([C@@H]2CN(C(=O)CCC(=O)O)CCO2)n1. The van der Waals surface area contributed by atoms with Crippen LogP contribution in [0.4, 0.5) is 0 Å². The summed E-state index contributed by atoms with van der Waals surface area (Å²) >= 11 is 0. The molecule has 1 amide bonds. The van der Waals surface area contributed by atoms with Gasteiger partial charge in [0.05, 0.1) is 42.2 Å². The molecule has 2 aromatic rings. The lowest BCUT2D eigenvalue weighted by Crippen LogP contribution is -2.42. The number of amides is 1. The van der Waals surface area contributed by atoms with Gasteiger partial charge in [-0.2, -0.15) is 0 Å². The van der Waals surface area contributed by atoms with E-state index in [0.29, 0.717) is 25.5 Å². The van der Waals surface area contributed by atoms with Crippen molar-refractivity contribution in [3.8, 4) is 11.3 Å². The van der Waals surface area contributed by atoms with E-state index >= 15 is 0 Å². The topological polar surface area (TPSA) is 106 Å². The number of carbonyl (C=O) groups excluding carboxylic acids is 1. The Morgan fingerprint density at radius 2 is 2.12 bits per heavy atom. The van der Waals surface area contributed by atoms with Gasteiger partial charge in [0, 0.05) is 13.0 Å². The Labute approximate surface area is 150 Å². The molecule has 138 valence electrons. The standard InChI is InChI=1S/C18H21N3O5/c1-11-18(12(2)26-20-11)14-5-3-4-13(19-14)15-10-21(8-9-25-15)16(22)6-7-17(23)24/h3-5,15H,6-10H2,1-2H3,(H,23,24)/t15-/m0/s1. The fourth-order valence-electron chi connectivity index (χ4n) is 3.05. The predicted octanol–water partition coefficient (Wildman–Crippen LogP) is 2.12. The second-order valence-electron chi connectivity index (χ2n) is 6.24. The second-order valence-corrected chi connectivity index (χ2v) is 6.24. The Bertz CT molecular complexity index is 797. The lowest BCUT2D eigenvalue weighted by molar-refractivity contribution is -0.144. The van der Waals surface area contributed by atoms with Crippen molar-refractivity contribution < 1.29 is 24.0 Å². The third-order valence-corrected chi connectivity index (χ3v) is 4.36. The highest BCUT2D eigenvalue weighted by molar-refractivity contribution is 5.80. The molecule has 8 nitrogen and oxygen atoms in total. The molecule has 1 fully saturated rings. The third kappa shape index (κ3) is 3.91. The molecule has 1 atom stereocenters.